The third kappa shape index (κ3) is 10.5. The molecule has 1 unspecified atom stereocenters. The van der Waals surface area contributed by atoms with E-state index in [1.807, 2.05) is 84.9 Å². The van der Waals surface area contributed by atoms with Crippen LogP contribution in [0.1, 0.15) is 62.1 Å². The van der Waals surface area contributed by atoms with E-state index in [9.17, 15) is 20.1 Å². The highest BCUT2D eigenvalue weighted by Gasteiger charge is 2.36. The van der Waals surface area contributed by atoms with Crippen LogP contribution in [0.15, 0.2) is 84.9 Å². The molecule has 0 bridgehead atoms. The second-order valence-corrected chi connectivity index (χ2v) is 10.2. The first-order valence-corrected chi connectivity index (χ1v) is 14.1. The Balaban J connectivity index is 1.59. The van der Waals surface area contributed by atoms with Gasteiger partial charge in [0.05, 0.1) is 12.7 Å². The monoisotopic (exact) mass is 533 g/mol. The molecule has 0 amide bonds. The molecule has 0 aromatic heterocycles. The molecule has 210 valence electrons. The number of aliphatic carboxylic acids is 1. The van der Waals surface area contributed by atoms with Crippen LogP contribution < -0.4 is 4.74 Å². The van der Waals surface area contributed by atoms with Crippen LogP contribution in [0.2, 0.25) is 0 Å². The van der Waals surface area contributed by atoms with Gasteiger partial charge < -0.3 is 20.1 Å². The zero-order chi connectivity index (χ0) is 27.9. The number of ether oxygens (including phenoxy) is 1. The molecule has 3 rings (SSSR count). The molecule has 0 aliphatic rings. The molecule has 0 aliphatic carbocycles. The van der Waals surface area contributed by atoms with Gasteiger partial charge in [-0.1, -0.05) is 105 Å². The van der Waals surface area contributed by atoms with Crippen molar-refractivity contribution >= 4 is 5.97 Å². The number of unbranched alkanes of at least 4 members (excludes halogenated alkanes) is 4. The number of benzene rings is 3. The van der Waals surface area contributed by atoms with E-state index >= 15 is 0 Å². The Hall–Kier alpha value is -3.19. The quantitative estimate of drug-likeness (QED) is 0.178. The van der Waals surface area contributed by atoms with Crippen LogP contribution in [-0.4, -0.2) is 51.0 Å². The van der Waals surface area contributed by atoms with Crippen LogP contribution in [0.25, 0.3) is 0 Å². The SMILES string of the molecule is CCCCCCCOc1ccc(CC[C@H](O)[C@@H](O)C(C(=O)O)N(Cc2ccccc2)Cc2ccccc2)cc1. The van der Waals surface area contributed by atoms with Crippen molar-refractivity contribution in [1.29, 1.82) is 0 Å². The van der Waals surface area contributed by atoms with Crippen LogP contribution >= 0.6 is 0 Å². The Kier molecular flexibility index (Phi) is 13.0. The van der Waals surface area contributed by atoms with Crippen molar-refractivity contribution in [3.05, 3.63) is 102 Å². The number of aliphatic hydroxyl groups is 2. The summed E-state index contributed by atoms with van der Waals surface area (Å²) in [5.74, 6) is -0.345. The van der Waals surface area contributed by atoms with Crippen LogP contribution in [0.5, 0.6) is 5.75 Å². The van der Waals surface area contributed by atoms with Gasteiger partial charge in [-0.05, 0) is 48.1 Å². The predicted octanol–water partition coefficient (Wildman–Crippen LogP) is 5.85. The molecule has 0 saturated carbocycles. The van der Waals surface area contributed by atoms with Crippen molar-refractivity contribution in [2.75, 3.05) is 6.61 Å². The standard InChI is InChI=1S/C33H43NO5/c1-2-3-4-5-12-23-39-29-20-17-26(18-21-29)19-22-30(35)32(36)31(33(37)38)34(24-27-13-8-6-9-14-27)25-28-15-10-7-11-16-28/h6-11,13-18,20-21,30-32,35-36H,2-5,12,19,22-25H2,1H3,(H,37,38)/t30-,31?,32+/m0/s1. The highest BCUT2D eigenvalue weighted by atomic mass is 16.5. The van der Waals surface area contributed by atoms with Crippen molar-refractivity contribution < 1.29 is 24.9 Å². The first-order chi connectivity index (χ1) is 19.0. The number of aryl methyl sites for hydroxylation is 1. The summed E-state index contributed by atoms with van der Waals surface area (Å²) in [5.41, 5.74) is 2.86. The van der Waals surface area contributed by atoms with Crippen LogP contribution in [0.4, 0.5) is 0 Å². The highest BCUT2D eigenvalue weighted by Crippen LogP contribution is 2.21. The Morgan fingerprint density at radius 1 is 0.769 bits per heavy atom. The van der Waals surface area contributed by atoms with Crippen LogP contribution in [0.3, 0.4) is 0 Å². The average molecular weight is 534 g/mol. The fourth-order valence-electron chi connectivity index (χ4n) is 4.75. The minimum Gasteiger partial charge on any atom is -0.494 e. The number of rotatable bonds is 18. The fourth-order valence-corrected chi connectivity index (χ4v) is 4.75. The molecule has 0 aliphatic heterocycles. The summed E-state index contributed by atoms with van der Waals surface area (Å²) in [7, 11) is 0. The van der Waals surface area contributed by atoms with Gasteiger partial charge in [0.1, 0.15) is 17.9 Å². The minimum atomic E-state index is -1.45. The van der Waals surface area contributed by atoms with Gasteiger partial charge in [-0.3, -0.25) is 9.69 Å². The summed E-state index contributed by atoms with van der Waals surface area (Å²) in [6, 6.07) is 25.6. The van der Waals surface area contributed by atoms with Gasteiger partial charge in [0.25, 0.3) is 0 Å². The second kappa shape index (κ2) is 16.7. The summed E-state index contributed by atoms with van der Waals surface area (Å²) >= 11 is 0. The molecule has 3 aromatic carbocycles. The summed E-state index contributed by atoms with van der Waals surface area (Å²) in [5, 5.41) is 32.1. The van der Waals surface area contributed by atoms with Gasteiger partial charge in [-0.15, -0.1) is 0 Å². The maximum atomic E-state index is 12.4. The van der Waals surface area contributed by atoms with Crippen molar-refractivity contribution in [2.24, 2.45) is 0 Å². The zero-order valence-electron chi connectivity index (χ0n) is 23.0. The molecule has 0 heterocycles. The normalized spacial score (nSPS) is 13.6. The van der Waals surface area contributed by atoms with E-state index < -0.39 is 24.2 Å². The highest BCUT2D eigenvalue weighted by molar-refractivity contribution is 5.74. The maximum Gasteiger partial charge on any atom is 0.323 e. The Morgan fingerprint density at radius 2 is 1.33 bits per heavy atom. The molecule has 0 spiro atoms. The van der Waals surface area contributed by atoms with E-state index in [2.05, 4.69) is 6.92 Å². The molecular weight excluding hydrogens is 490 g/mol. The van der Waals surface area contributed by atoms with Gasteiger partial charge in [0.2, 0.25) is 0 Å². The van der Waals surface area contributed by atoms with Gasteiger partial charge in [-0.25, -0.2) is 0 Å². The summed E-state index contributed by atoms with van der Waals surface area (Å²) in [4.78, 5) is 14.1. The maximum absolute atomic E-state index is 12.4. The summed E-state index contributed by atoms with van der Waals surface area (Å²) in [6.45, 7) is 3.56. The lowest BCUT2D eigenvalue weighted by molar-refractivity contribution is -0.153. The topological polar surface area (TPSA) is 90.2 Å². The minimum absolute atomic E-state index is 0.243. The molecule has 3 atom stereocenters. The van der Waals surface area contributed by atoms with E-state index in [-0.39, 0.29) is 6.42 Å². The van der Waals surface area contributed by atoms with Crippen molar-refractivity contribution in [3.63, 3.8) is 0 Å². The van der Waals surface area contributed by atoms with E-state index in [0.717, 1.165) is 28.9 Å². The Labute approximate surface area is 232 Å². The third-order valence-corrected chi connectivity index (χ3v) is 6.99. The first-order valence-electron chi connectivity index (χ1n) is 14.1. The third-order valence-electron chi connectivity index (χ3n) is 6.99. The van der Waals surface area contributed by atoms with Gasteiger partial charge in [0.15, 0.2) is 0 Å². The fraction of sp³-hybridized carbons (Fsp3) is 0.424. The molecule has 3 aromatic rings. The average Bonchev–Trinajstić information content (AvgIpc) is 2.95. The van der Waals surface area contributed by atoms with E-state index in [0.29, 0.717) is 26.1 Å². The lowest BCUT2D eigenvalue weighted by Gasteiger charge is -2.34. The van der Waals surface area contributed by atoms with Gasteiger partial charge in [-0.2, -0.15) is 0 Å². The smallest absolute Gasteiger partial charge is 0.323 e. The van der Waals surface area contributed by atoms with Crippen molar-refractivity contribution in [2.45, 2.75) is 83.2 Å². The summed E-state index contributed by atoms with van der Waals surface area (Å²) in [6.07, 6.45) is 4.06. The summed E-state index contributed by atoms with van der Waals surface area (Å²) < 4.78 is 5.83. The molecule has 0 saturated heterocycles. The number of nitrogens with zero attached hydrogens (tertiary/aromatic N) is 1. The molecule has 0 radical (unpaired) electrons. The molecular formula is C33H43NO5. The van der Waals surface area contributed by atoms with Crippen molar-refractivity contribution in [3.8, 4) is 5.75 Å². The number of carboxylic acid groups (broad SMARTS) is 1. The number of carboxylic acids is 1. The number of hydrogen-bond acceptors (Lipinski definition) is 5. The van der Waals surface area contributed by atoms with Gasteiger partial charge >= 0.3 is 5.97 Å². The molecule has 6 heteroatoms. The molecule has 6 nitrogen and oxygen atoms in total. The Morgan fingerprint density at radius 3 is 1.87 bits per heavy atom. The lowest BCUT2D eigenvalue weighted by Crippen LogP contribution is -2.52. The van der Waals surface area contributed by atoms with Crippen LogP contribution in [0, 0.1) is 0 Å². The lowest BCUT2D eigenvalue weighted by atomic mass is 9.97. The molecule has 39 heavy (non-hydrogen) atoms. The first kappa shape index (κ1) is 30.4. The molecule has 3 N–H and O–H groups in total. The predicted molar refractivity (Wildman–Crippen MR) is 155 cm³/mol. The van der Waals surface area contributed by atoms with Crippen LogP contribution in [-0.2, 0) is 24.3 Å². The largest absolute Gasteiger partial charge is 0.494 e. The van der Waals surface area contributed by atoms with E-state index in [1.54, 1.807) is 4.90 Å². The number of carbonyl (C=O) groups is 1. The van der Waals surface area contributed by atoms with E-state index in [4.69, 9.17) is 4.74 Å². The Bertz CT molecular complexity index is 1030. The van der Waals surface area contributed by atoms with Gasteiger partial charge in [0, 0.05) is 13.1 Å². The van der Waals surface area contributed by atoms with Crippen molar-refractivity contribution in [1.82, 2.24) is 4.90 Å². The molecule has 0 fully saturated rings. The zero-order valence-corrected chi connectivity index (χ0v) is 23.0. The van der Waals surface area contributed by atoms with E-state index in [1.165, 1.54) is 25.7 Å². The number of hydrogen-bond donors (Lipinski definition) is 3. The second-order valence-electron chi connectivity index (χ2n) is 10.2. The number of aliphatic hydroxyl groups excluding tert-OH is 2.